The van der Waals surface area contributed by atoms with Crippen molar-refractivity contribution in [3.63, 3.8) is 0 Å². The number of hydrogen-bond acceptors (Lipinski definition) is 2. The number of carbonyl (C=O) groups excluding carboxylic acids is 2. The van der Waals surface area contributed by atoms with Crippen molar-refractivity contribution in [1.82, 2.24) is 0 Å². The van der Waals surface area contributed by atoms with E-state index in [-0.39, 0.29) is 11.8 Å². The average molecular weight is 167 g/mol. The molecule has 0 amide bonds. The minimum Gasteiger partial charge on any atom is -0.281 e. The fraction of sp³-hybridized carbons (Fsp3) is 0.600. The Morgan fingerprint density at radius 1 is 1.11 bits per heavy atom. The summed E-state index contributed by atoms with van der Waals surface area (Å²) in [6, 6.07) is 0. The predicted molar refractivity (Wildman–Crippen MR) is 33.3 cm³/mol. The molecule has 2 nitrogen and oxygen atoms in total. The molecule has 9 heavy (non-hydrogen) atoms. The zero-order valence-electron chi connectivity index (χ0n) is 4.43. The minimum atomic E-state index is -0.450. The van der Waals surface area contributed by atoms with Crippen LogP contribution in [0.1, 0.15) is 6.42 Å². The molecule has 0 bridgehead atoms. The van der Waals surface area contributed by atoms with Crippen LogP contribution >= 0.6 is 23.2 Å². The number of halogens is 2. The molecule has 0 N–H and O–H groups in total. The Balaban J connectivity index is 2.42. The van der Waals surface area contributed by atoms with E-state index in [1.54, 1.807) is 0 Å². The van der Waals surface area contributed by atoms with Gasteiger partial charge in [-0.15, -0.1) is 0 Å². The summed E-state index contributed by atoms with van der Waals surface area (Å²) >= 11 is 10.1. The van der Waals surface area contributed by atoms with Crippen LogP contribution < -0.4 is 0 Å². The minimum absolute atomic E-state index is 0.295. The van der Waals surface area contributed by atoms with Gasteiger partial charge in [0.05, 0.1) is 0 Å². The molecule has 0 aliphatic heterocycles. The Hall–Kier alpha value is -0.0800. The second kappa shape index (κ2) is 2.27. The Kier molecular flexibility index (Phi) is 1.78. The number of carbonyl (C=O) groups is 2. The highest BCUT2D eigenvalue weighted by atomic mass is 35.5. The molecule has 0 saturated heterocycles. The van der Waals surface area contributed by atoms with Crippen molar-refractivity contribution in [3.05, 3.63) is 0 Å². The normalized spacial score (nSPS) is 31.8. The van der Waals surface area contributed by atoms with Crippen LogP contribution in [0.5, 0.6) is 0 Å². The van der Waals surface area contributed by atoms with E-state index in [4.69, 9.17) is 23.2 Å². The van der Waals surface area contributed by atoms with Crippen LogP contribution in [0.15, 0.2) is 0 Å². The second-order valence-electron chi connectivity index (χ2n) is 2.06. The van der Waals surface area contributed by atoms with Crippen molar-refractivity contribution < 1.29 is 9.59 Å². The first-order valence-electron chi connectivity index (χ1n) is 2.51. The van der Waals surface area contributed by atoms with Crippen molar-refractivity contribution >= 4 is 33.7 Å². The van der Waals surface area contributed by atoms with Crippen molar-refractivity contribution in [1.29, 1.82) is 0 Å². The molecule has 0 heterocycles. The van der Waals surface area contributed by atoms with Gasteiger partial charge in [0.2, 0.25) is 10.5 Å². The molecule has 1 fully saturated rings. The fourth-order valence-electron chi connectivity index (χ4n) is 0.697. The van der Waals surface area contributed by atoms with Gasteiger partial charge in [0.15, 0.2) is 0 Å². The molecule has 1 saturated carbocycles. The summed E-state index contributed by atoms with van der Waals surface area (Å²) < 4.78 is 0. The van der Waals surface area contributed by atoms with Crippen LogP contribution in [0.3, 0.4) is 0 Å². The predicted octanol–water partition coefficient (Wildman–Crippen LogP) is 1.15. The van der Waals surface area contributed by atoms with Gasteiger partial charge in [-0.05, 0) is 29.6 Å². The van der Waals surface area contributed by atoms with Gasteiger partial charge < -0.3 is 0 Å². The lowest BCUT2D eigenvalue weighted by atomic mass is 10.4. The summed E-state index contributed by atoms with van der Waals surface area (Å²) in [5.41, 5.74) is 0. The van der Waals surface area contributed by atoms with Crippen LogP contribution in [0.2, 0.25) is 0 Å². The van der Waals surface area contributed by atoms with Crippen LogP contribution in [-0.4, -0.2) is 10.5 Å². The quantitative estimate of drug-likeness (QED) is 0.578. The van der Waals surface area contributed by atoms with Gasteiger partial charge >= 0.3 is 0 Å². The van der Waals surface area contributed by atoms with Crippen molar-refractivity contribution in [3.8, 4) is 0 Å². The van der Waals surface area contributed by atoms with Crippen molar-refractivity contribution in [2.45, 2.75) is 6.42 Å². The van der Waals surface area contributed by atoms with Gasteiger partial charge in [-0.1, -0.05) is 0 Å². The average Bonchev–Trinajstić information content (AvgIpc) is 2.39. The lowest BCUT2D eigenvalue weighted by Gasteiger charge is -1.82. The van der Waals surface area contributed by atoms with E-state index in [0.717, 1.165) is 0 Å². The Morgan fingerprint density at radius 2 is 1.44 bits per heavy atom. The van der Waals surface area contributed by atoms with Crippen molar-refractivity contribution in [2.75, 3.05) is 0 Å². The third-order valence-electron chi connectivity index (χ3n) is 1.37. The Labute approximate surface area is 62.1 Å². The maximum Gasteiger partial charge on any atom is 0.225 e. The standard InChI is InChI=1S/C5H4Cl2O2/c6-4(8)2-1-3(2)5(7)9/h2-3H,1H2/t2-,3-/m1/s1. The van der Waals surface area contributed by atoms with Crippen LogP contribution in [-0.2, 0) is 9.59 Å². The molecule has 4 heteroatoms. The zero-order valence-corrected chi connectivity index (χ0v) is 5.95. The molecule has 0 spiro atoms. The fourth-order valence-corrected chi connectivity index (χ4v) is 1.18. The van der Waals surface area contributed by atoms with Gasteiger partial charge in [0.1, 0.15) is 0 Å². The highest BCUT2D eigenvalue weighted by molar-refractivity contribution is 6.67. The van der Waals surface area contributed by atoms with E-state index >= 15 is 0 Å². The summed E-state index contributed by atoms with van der Waals surface area (Å²) in [5.74, 6) is -0.590. The molecule has 1 aliphatic carbocycles. The van der Waals surface area contributed by atoms with Gasteiger partial charge in [-0.2, -0.15) is 0 Å². The van der Waals surface area contributed by atoms with E-state index in [2.05, 4.69) is 0 Å². The molecular formula is C5H4Cl2O2. The van der Waals surface area contributed by atoms with Crippen LogP contribution in [0, 0.1) is 11.8 Å². The van der Waals surface area contributed by atoms with E-state index in [1.807, 2.05) is 0 Å². The molecule has 0 aromatic carbocycles. The largest absolute Gasteiger partial charge is 0.281 e. The van der Waals surface area contributed by atoms with E-state index < -0.39 is 10.5 Å². The molecular weight excluding hydrogens is 163 g/mol. The van der Waals surface area contributed by atoms with Crippen molar-refractivity contribution in [2.24, 2.45) is 11.8 Å². The molecule has 0 radical (unpaired) electrons. The molecule has 0 aromatic heterocycles. The summed E-state index contributed by atoms with van der Waals surface area (Å²) in [5, 5.41) is -0.900. The Bertz CT molecular complexity index is 148. The smallest absolute Gasteiger partial charge is 0.225 e. The van der Waals surface area contributed by atoms with Crippen LogP contribution in [0.25, 0.3) is 0 Å². The van der Waals surface area contributed by atoms with Gasteiger partial charge in [-0.3, -0.25) is 9.59 Å². The summed E-state index contributed by atoms with van der Waals surface area (Å²) in [7, 11) is 0. The third-order valence-corrected chi connectivity index (χ3v) is 1.93. The lowest BCUT2D eigenvalue weighted by Crippen LogP contribution is -1.96. The van der Waals surface area contributed by atoms with Gasteiger partial charge in [0, 0.05) is 11.8 Å². The van der Waals surface area contributed by atoms with Gasteiger partial charge in [-0.25, -0.2) is 0 Å². The number of rotatable bonds is 2. The topological polar surface area (TPSA) is 34.1 Å². The SMILES string of the molecule is O=C(Cl)[C@@H]1C[C@H]1C(=O)Cl. The highest BCUT2D eigenvalue weighted by Crippen LogP contribution is 2.41. The molecule has 1 aliphatic rings. The maximum absolute atomic E-state index is 10.3. The first-order chi connectivity index (χ1) is 4.13. The summed E-state index contributed by atoms with van der Waals surface area (Å²) in [6.07, 6.45) is 0.532. The molecule has 1 rings (SSSR count). The molecule has 50 valence electrons. The second-order valence-corrected chi connectivity index (χ2v) is 2.80. The summed E-state index contributed by atoms with van der Waals surface area (Å²) in [6.45, 7) is 0. The van der Waals surface area contributed by atoms with Gasteiger partial charge in [0.25, 0.3) is 0 Å². The number of hydrogen-bond donors (Lipinski definition) is 0. The van der Waals surface area contributed by atoms with E-state index in [1.165, 1.54) is 0 Å². The van der Waals surface area contributed by atoms with Crippen LogP contribution in [0.4, 0.5) is 0 Å². The Morgan fingerprint density at radius 3 is 1.56 bits per heavy atom. The van der Waals surface area contributed by atoms with E-state index in [0.29, 0.717) is 6.42 Å². The highest BCUT2D eigenvalue weighted by Gasteiger charge is 2.46. The zero-order chi connectivity index (χ0) is 7.02. The van der Waals surface area contributed by atoms with E-state index in [9.17, 15) is 9.59 Å². The lowest BCUT2D eigenvalue weighted by molar-refractivity contribution is -0.117. The molecule has 0 aromatic rings. The summed E-state index contributed by atoms with van der Waals surface area (Å²) in [4.78, 5) is 20.6. The monoisotopic (exact) mass is 166 g/mol. The molecule has 0 unspecified atom stereocenters. The first kappa shape index (κ1) is 7.03. The maximum atomic E-state index is 10.3. The molecule has 2 atom stereocenters. The first-order valence-corrected chi connectivity index (χ1v) is 3.27. The third kappa shape index (κ3) is 1.43.